The van der Waals surface area contributed by atoms with Gasteiger partial charge in [-0.1, -0.05) is 43.7 Å². The first-order chi connectivity index (χ1) is 11.9. The summed E-state index contributed by atoms with van der Waals surface area (Å²) in [4.78, 5) is 2.56. The van der Waals surface area contributed by atoms with Gasteiger partial charge in [0, 0.05) is 6.54 Å². The van der Waals surface area contributed by atoms with Crippen molar-refractivity contribution < 1.29 is 0 Å². The van der Waals surface area contributed by atoms with Gasteiger partial charge in [0.05, 0.1) is 11.6 Å². The molecular formula is C20H31N5. The zero-order chi connectivity index (χ0) is 18.0. The van der Waals surface area contributed by atoms with Crippen molar-refractivity contribution >= 4 is 0 Å². The molecular weight excluding hydrogens is 310 g/mol. The van der Waals surface area contributed by atoms with E-state index >= 15 is 0 Å². The van der Waals surface area contributed by atoms with Crippen molar-refractivity contribution in [1.29, 1.82) is 0 Å². The number of aromatic nitrogens is 4. The Balaban J connectivity index is 2.06. The van der Waals surface area contributed by atoms with Crippen molar-refractivity contribution in [3.8, 4) is 0 Å². The molecule has 0 bridgehead atoms. The maximum absolute atomic E-state index is 4.49. The van der Waals surface area contributed by atoms with Crippen molar-refractivity contribution in [2.24, 2.45) is 5.92 Å². The molecule has 5 heteroatoms. The van der Waals surface area contributed by atoms with Gasteiger partial charge in [-0.2, -0.15) is 0 Å². The van der Waals surface area contributed by atoms with Crippen LogP contribution < -0.4 is 0 Å². The second-order valence-electron chi connectivity index (χ2n) is 8.17. The highest BCUT2D eigenvalue weighted by atomic mass is 15.6. The number of likely N-dealkylation sites (tertiary alicyclic amines) is 1. The van der Waals surface area contributed by atoms with E-state index in [-0.39, 0.29) is 11.6 Å². The van der Waals surface area contributed by atoms with Crippen molar-refractivity contribution in [3.05, 3.63) is 41.2 Å². The molecule has 0 N–H and O–H groups in total. The summed E-state index contributed by atoms with van der Waals surface area (Å²) in [5.41, 5.74) is 2.47. The van der Waals surface area contributed by atoms with Crippen molar-refractivity contribution in [3.63, 3.8) is 0 Å². The van der Waals surface area contributed by atoms with E-state index in [9.17, 15) is 0 Å². The van der Waals surface area contributed by atoms with E-state index in [2.05, 4.69) is 79.3 Å². The normalized spacial score (nSPS) is 20.6. The number of hydrogen-bond donors (Lipinski definition) is 0. The number of piperidine rings is 1. The Hall–Kier alpha value is -1.75. The number of benzene rings is 1. The number of tetrazole rings is 1. The van der Waals surface area contributed by atoms with Crippen LogP contribution in [0, 0.1) is 12.8 Å². The molecule has 0 aliphatic carbocycles. The van der Waals surface area contributed by atoms with Gasteiger partial charge in [0.15, 0.2) is 5.82 Å². The quantitative estimate of drug-likeness (QED) is 0.826. The summed E-state index contributed by atoms with van der Waals surface area (Å²) in [5.74, 6) is 1.68. The molecule has 5 nitrogen and oxygen atoms in total. The van der Waals surface area contributed by atoms with E-state index in [0.717, 1.165) is 25.3 Å². The number of nitrogens with zero attached hydrogens (tertiary/aromatic N) is 5. The first-order valence-electron chi connectivity index (χ1n) is 9.51. The zero-order valence-electron chi connectivity index (χ0n) is 16.2. The van der Waals surface area contributed by atoms with E-state index in [0.29, 0.717) is 5.92 Å². The molecule has 0 amide bonds. The second kappa shape index (κ2) is 7.24. The van der Waals surface area contributed by atoms with Gasteiger partial charge in [-0.05, 0) is 68.5 Å². The predicted molar refractivity (Wildman–Crippen MR) is 100 cm³/mol. The Morgan fingerprint density at radius 1 is 1.24 bits per heavy atom. The molecule has 1 saturated heterocycles. The third-order valence-electron chi connectivity index (χ3n) is 5.62. The minimum absolute atomic E-state index is 0.0941. The van der Waals surface area contributed by atoms with Crippen LogP contribution in [0.2, 0.25) is 0 Å². The monoisotopic (exact) mass is 341 g/mol. The first-order valence-corrected chi connectivity index (χ1v) is 9.51. The van der Waals surface area contributed by atoms with Crippen LogP contribution in [0.15, 0.2) is 24.3 Å². The number of hydrogen-bond acceptors (Lipinski definition) is 4. The van der Waals surface area contributed by atoms with Crippen LogP contribution in [0.1, 0.15) is 70.0 Å². The molecule has 2 unspecified atom stereocenters. The third-order valence-corrected chi connectivity index (χ3v) is 5.62. The van der Waals surface area contributed by atoms with Crippen LogP contribution in [-0.2, 0) is 5.54 Å². The topological polar surface area (TPSA) is 46.8 Å². The van der Waals surface area contributed by atoms with Crippen LogP contribution in [0.25, 0.3) is 0 Å². The standard InChI is InChI=1S/C20H31N5/c1-6-20(4,5)25-19(21-22-23-25)18(17-11-9-15(2)10-12-17)24-13-7-8-16(3)14-24/h9-12,16,18H,6-8,13-14H2,1-5H3. The Morgan fingerprint density at radius 2 is 1.96 bits per heavy atom. The highest BCUT2D eigenvalue weighted by molar-refractivity contribution is 5.28. The highest BCUT2D eigenvalue weighted by Gasteiger charge is 2.34. The van der Waals surface area contributed by atoms with Crippen LogP contribution in [0.4, 0.5) is 0 Å². The van der Waals surface area contributed by atoms with Crippen LogP contribution in [-0.4, -0.2) is 38.2 Å². The van der Waals surface area contributed by atoms with Gasteiger partial charge in [-0.25, -0.2) is 4.68 Å². The fourth-order valence-corrected chi connectivity index (χ4v) is 3.68. The maximum atomic E-state index is 4.49. The molecule has 2 atom stereocenters. The molecule has 25 heavy (non-hydrogen) atoms. The van der Waals surface area contributed by atoms with E-state index in [1.807, 2.05) is 4.68 Å². The average Bonchev–Trinajstić information content (AvgIpc) is 3.07. The van der Waals surface area contributed by atoms with Crippen LogP contribution >= 0.6 is 0 Å². The van der Waals surface area contributed by atoms with Crippen molar-refractivity contribution in [1.82, 2.24) is 25.1 Å². The maximum Gasteiger partial charge on any atom is 0.173 e. The van der Waals surface area contributed by atoms with Crippen LogP contribution in [0.3, 0.4) is 0 Å². The summed E-state index contributed by atoms with van der Waals surface area (Å²) in [7, 11) is 0. The van der Waals surface area contributed by atoms with Crippen molar-refractivity contribution in [2.75, 3.05) is 13.1 Å². The molecule has 2 aromatic rings. The lowest BCUT2D eigenvalue weighted by Gasteiger charge is -2.38. The Kier molecular flexibility index (Phi) is 5.23. The minimum Gasteiger partial charge on any atom is -0.289 e. The summed E-state index contributed by atoms with van der Waals surface area (Å²) in [6, 6.07) is 8.96. The SMILES string of the molecule is CCC(C)(C)n1nnnc1C(c1ccc(C)cc1)N1CCCC(C)C1. The molecule has 3 rings (SSSR count). The van der Waals surface area contributed by atoms with E-state index < -0.39 is 0 Å². The molecule has 1 aromatic heterocycles. The van der Waals surface area contributed by atoms with Gasteiger partial charge >= 0.3 is 0 Å². The minimum atomic E-state index is -0.0941. The zero-order valence-corrected chi connectivity index (χ0v) is 16.2. The first kappa shape index (κ1) is 18.1. The van der Waals surface area contributed by atoms with E-state index in [1.165, 1.54) is 24.0 Å². The van der Waals surface area contributed by atoms with E-state index in [1.54, 1.807) is 0 Å². The molecule has 0 saturated carbocycles. The summed E-state index contributed by atoms with van der Waals surface area (Å²) in [5, 5.41) is 12.9. The molecule has 0 spiro atoms. The van der Waals surface area contributed by atoms with Gasteiger partial charge in [-0.15, -0.1) is 5.10 Å². The third kappa shape index (κ3) is 3.76. The molecule has 1 fully saturated rings. The highest BCUT2D eigenvalue weighted by Crippen LogP contribution is 2.33. The molecule has 1 aliphatic rings. The lowest BCUT2D eigenvalue weighted by atomic mass is 9.94. The largest absolute Gasteiger partial charge is 0.289 e. The van der Waals surface area contributed by atoms with Gasteiger partial charge < -0.3 is 0 Å². The smallest absolute Gasteiger partial charge is 0.173 e. The Labute approximate surface area is 151 Å². The van der Waals surface area contributed by atoms with E-state index in [4.69, 9.17) is 0 Å². The van der Waals surface area contributed by atoms with Crippen molar-refractivity contribution in [2.45, 2.75) is 65.5 Å². The fraction of sp³-hybridized carbons (Fsp3) is 0.650. The fourth-order valence-electron chi connectivity index (χ4n) is 3.68. The summed E-state index contributed by atoms with van der Waals surface area (Å²) >= 11 is 0. The van der Waals surface area contributed by atoms with Gasteiger partial charge in [0.25, 0.3) is 0 Å². The van der Waals surface area contributed by atoms with Gasteiger partial charge in [-0.3, -0.25) is 4.90 Å². The second-order valence-corrected chi connectivity index (χ2v) is 8.17. The van der Waals surface area contributed by atoms with Gasteiger partial charge in [0.1, 0.15) is 0 Å². The Bertz CT molecular complexity index is 688. The molecule has 0 radical (unpaired) electrons. The summed E-state index contributed by atoms with van der Waals surface area (Å²) in [6.45, 7) is 13.3. The average molecular weight is 342 g/mol. The number of rotatable bonds is 5. The molecule has 1 aliphatic heterocycles. The molecule has 136 valence electrons. The lowest BCUT2D eigenvalue weighted by Crippen LogP contribution is -2.40. The summed E-state index contributed by atoms with van der Waals surface area (Å²) < 4.78 is 2.04. The summed E-state index contributed by atoms with van der Waals surface area (Å²) in [6.07, 6.45) is 3.53. The molecule has 2 heterocycles. The van der Waals surface area contributed by atoms with Gasteiger partial charge in [0.2, 0.25) is 0 Å². The Morgan fingerprint density at radius 3 is 2.60 bits per heavy atom. The van der Waals surface area contributed by atoms with Crippen LogP contribution in [0.5, 0.6) is 0 Å². The molecule has 1 aromatic carbocycles. The number of aryl methyl sites for hydroxylation is 1. The lowest BCUT2D eigenvalue weighted by molar-refractivity contribution is 0.136. The predicted octanol–water partition coefficient (Wildman–Crippen LogP) is 3.95.